The highest BCUT2D eigenvalue weighted by molar-refractivity contribution is 5.76. The molecule has 0 spiro atoms. The highest BCUT2D eigenvalue weighted by Crippen LogP contribution is 2.18. The van der Waals surface area contributed by atoms with Gasteiger partial charge in [0, 0.05) is 12.1 Å². The molecule has 0 fully saturated rings. The summed E-state index contributed by atoms with van der Waals surface area (Å²) in [5.74, 6) is -0.676. The number of ketones is 1. The number of aromatic nitrogens is 1. The predicted molar refractivity (Wildman–Crippen MR) is 39.9 cm³/mol. The lowest BCUT2D eigenvalue weighted by molar-refractivity contribution is -0.121. The van der Waals surface area contributed by atoms with Crippen molar-refractivity contribution in [3.8, 4) is 11.8 Å². The lowest BCUT2D eigenvalue weighted by Gasteiger charge is -2.05. The summed E-state index contributed by atoms with van der Waals surface area (Å²) in [5, 5.41) is 18.0. The average Bonchev–Trinajstić information content (AvgIpc) is 2.28. The molecule has 0 aliphatic heterocycles. The number of aromatic hydroxyl groups is 2. The summed E-state index contributed by atoms with van der Waals surface area (Å²) in [6.07, 6.45) is 0. The molecule has 1 aromatic heterocycles. The van der Waals surface area contributed by atoms with E-state index in [0.717, 1.165) is 4.73 Å². The van der Waals surface area contributed by atoms with Crippen LogP contribution in [0.25, 0.3) is 0 Å². The molecule has 0 atom stereocenters. The van der Waals surface area contributed by atoms with Gasteiger partial charge >= 0.3 is 0 Å². The predicted octanol–water partition coefficient (Wildman–Crippen LogP) is -0.0831. The van der Waals surface area contributed by atoms with Crippen LogP contribution in [0.1, 0.15) is 6.92 Å². The first-order chi connectivity index (χ1) is 5.61. The molecule has 5 nitrogen and oxygen atoms in total. The number of carbonyl (C=O) groups is 1. The summed E-state index contributed by atoms with van der Waals surface area (Å²) in [7, 11) is 0. The van der Waals surface area contributed by atoms with E-state index in [9.17, 15) is 4.79 Å². The van der Waals surface area contributed by atoms with Gasteiger partial charge in [0.2, 0.25) is 11.8 Å². The van der Waals surface area contributed by atoms with E-state index in [1.165, 1.54) is 19.1 Å². The maximum atomic E-state index is 10.5. The Balaban J connectivity index is 2.68. The van der Waals surface area contributed by atoms with Crippen LogP contribution in [-0.4, -0.2) is 27.3 Å². The van der Waals surface area contributed by atoms with E-state index in [1.807, 2.05) is 0 Å². The fraction of sp³-hybridized carbons (Fsp3) is 0.286. The zero-order valence-electron chi connectivity index (χ0n) is 6.52. The van der Waals surface area contributed by atoms with Gasteiger partial charge in [-0.2, -0.15) is 0 Å². The average molecular weight is 171 g/mol. The van der Waals surface area contributed by atoms with Gasteiger partial charge in [0.25, 0.3) is 0 Å². The van der Waals surface area contributed by atoms with Crippen LogP contribution in [0.3, 0.4) is 0 Å². The molecular weight excluding hydrogens is 162 g/mol. The molecule has 1 rings (SSSR count). The Bertz CT molecular complexity index is 272. The van der Waals surface area contributed by atoms with Crippen LogP contribution in [0.5, 0.6) is 11.8 Å². The Kier molecular flexibility index (Phi) is 2.23. The molecule has 0 aliphatic carbocycles. The summed E-state index contributed by atoms with van der Waals surface area (Å²) >= 11 is 0. The van der Waals surface area contributed by atoms with E-state index in [0.29, 0.717) is 0 Å². The van der Waals surface area contributed by atoms with Crippen molar-refractivity contribution in [3.63, 3.8) is 0 Å². The zero-order chi connectivity index (χ0) is 9.14. The van der Waals surface area contributed by atoms with Crippen molar-refractivity contribution < 1.29 is 19.8 Å². The highest BCUT2D eigenvalue weighted by Gasteiger charge is 2.06. The number of Topliss-reactive ketones (excluding diaryl/α,β-unsaturated/α-hetero) is 1. The monoisotopic (exact) mass is 171 g/mol. The number of hydrogen-bond acceptors (Lipinski definition) is 4. The molecule has 0 unspecified atom stereocenters. The Morgan fingerprint density at radius 1 is 1.50 bits per heavy atom. The van der Waals surface area contributed by atoms with Gasteiger partial charge in [0.05, 0.1) is 0 Å². The summed E-state index contributed by atoms with van der Waals surface area (Å²) in [6, 6.07) is 2.52. The maximum Gasteiger partial charge on any atom is 0.229 e. The number of carbonyl (C=O) groups excluding carboxylic acids is 1. The third-order valence-electron chi connectivity index (χ3n) is 1.19. The Morgan fingerprint density at radius 3 is 2.42 bits per heavy atom. The molecule has 0 aromatic carbocycles. The van der Waals surface area contributed by atoms with E-state index < -0.39 is 0 Å². The topological polar surface area (TPSA) is 71.7 Å². The van der Waals surface area contributed by atoms with Crippen molar-refractivity contribution in [3.05, 3.63) is 12.1 Å². The van der Waals surface area contributed by atoms with Crippen LogP contribution < -0.4 is 4.84 Å². The van der Waals surface area contributed by atoms with Crippen molar-refractivity contribution >= 4 is 5.78 Å². The third kappa shape index (κ3) is 1.69. The first-order valence-electron chi connectivity index (χ1n) is 3.33. The quantitative estimate of drug-likeness (QED) is 0.667. The number of nitrogens with zero attached hydrogens (tertiary/aromatic N) is 1. The maximum absolute atomic E-state index is 10.5. The van der Waals surface area contributed by atoms with Gasteiger partial charge in [-0.15, -0.1) is 4.73 Å². The van der Waals surface area contributed by atoms with Gasteiger partial charge in [0.1, 0.15) is 0 Å². The van der Waals surface area contributed by atoms with Crippen molar-refractivity contribution in [2.45, 2.75) is 6.92 Å². The Morgan fingerprint density at radius 2 is 2.00 bits per heavy atom. The van der Waals surface area contributed by atoms with E-state index in [1.54, 1.807) is 0 Å². The minimum atomic E-state index is -0.242. The standard InChI is InChI=1S/C7H9NO4/c1-5(9)4-12-8-6(10)2-3-7(8)11/h2-3,10-11H,4H2,1H3. The molecule has 2 N–H and O–H groups in total. The van der Waals surface area contributed by atoms with Crippen LogP contribution in [-0.2, 0) is 4.79 Å². The second-order valence-corrected chi connectivity index (χ2v) is 2.32. The first-order valence-corrected chi connectivity index (χ1v) is 3.33. The summed E-state index contributed by atoms with van der Waals surface area (Å²) in [5.41, 5.74) is 0. The molecule has 0 saturated heterocycles. The molecule has 0 saturated carbocycles. The molecule has 5 heteroatoms. The minimum absolute atomic E-state index is 0.185. The lowest BCUT2D eigenvalue weighted by Crippen LogP contribution is -2.16. The third-order valence-corrected chi connectivity index (χ3v) is 1.19. The van der Waals surface area contributed by atoms with E-state index in [2.05, 4.69) is 0 Å². The summed E-state index contributed by atoms with van der Waals surface area (Å²) in [4.78, 5) is 15.2. The normalized spacial score (nSPS) is 9.75. The summed E-state index contributed by atoms with van der Waals surface area (Å²) < 4.78 is 0.779. The van der Waals surface area contributed by atoms with Crippen molar-refractivity contribution in [1.82, 2.24) is 4.73 Å². The zero-order valence-corrected chi connectivity index (χ0v) is 6.52. The van der Waals surface area contributed by atoms with Crippen LogP contribution in [0, 0.1) is 0 Å². The molecule has 0 aliphatic rings. The van der Waals surface area contributed by atoms with Gasteiger partial charge in [-0.25, -0.2) is 0 Å². The Hall–Kier alpha value is -1.65. The van der Waals surface area contributed by atoms with Gasteiger partial charge in [-0.05, 0) is 6.92 Å². The van der Waals surface area contributed by atoms with Gasteiger partial charge < -0.3 is 15.1 Å². The van der Waals surface area contributed by atoms with E-state index in [4.69, 9.17) is 15.1 Å². The minimum Gasteiger partial charge on any atom is -0.492 e. The largest absolute Gasteiger partial charge is 0.492 e. The smallest absolute Gasteiger partial charge is 0.229 e. The first kappa shape index (κ1) is 8.45. The molecule has 0 amide bonds. The van der Waals surface area contributed by atoms with Crippen molar-refractivity contribution in [1.29, 1.82) is 0 Å². The van der Waals surface area contributed by atoms with E-state index in [-0.39, 0.29) is 24.2 Å². The molecule has 66 valence electrons. The van der Waals surface area contributed by atoms with Crippen LogP contribution in [0.15, 0.2) is 12.1 Å². The van der Waals surface area contributed by atoms with E-state index >= 15 is 0 Å². The van der Waals surface area contributed by atoms with Crippen LogP contribution in [0.4, 0.5) is 0 Å². The fourth-order valence-corrected chi connectivity index (χ4v) is 0.690. The summed E-state index contributed by atoms with van der Waals surface area (Å²) in [6.45, 7) is 1.16. The van der Waals surface area contributed by atoms with Crippen LogP contribution >= 0.6 is 0 Å². The molecule has 1 aromatic rings. The SMILES string of the molecule is CC(=O)COn1c(O)ccc1O. The second-order valence-electron chi connectivity index (χ2n) is 2.32. The van der Waals surface area contributed by atoms with Crippen LogP contribution in [0.2, 0.25) is 0 Å². The molecule has 12 heavy (non-hydrogen) atoms. The second kappa shape index (κ2) is 3.17. The van der Waals surface area contributed by atoms with Gasteiger partial charge in [0.15, 0.2) is 12.4 Å². The number of hydrogen-bond donors (Lipinski definition) is 2. The molecule has 1 heterocycles. The van der Waals surface area contributed by atoms with Gasteiger partial charge in [-0.1, -0.05) is 0 Å². The lowest BCUT2D eigenvalue weighted by atomic mass is 10.5. The molecule has 0 radical (unpaired) electrons. The highest BCUT2D eigenvalue weighted by atomic mass is 16.7. The number of rotatable bonds is 3. The molecular formula is C7H9NO4. The Labute approximate surface area is 68.8 Å². The fourth-order valence-electron chi connectivity index (χ4n) is 0.690. The van der Waals surface area contributed by atoms with Crippen molar-refractivity contribution in [2.24, 2.45) is 0 Å². The van der Waals surface area contributed by atoms with Gasteiger partial charge in [-0.3, -0.25) is 4.79 Å². The molecule has 0 bridgehead atoms. The van der Waals surface area contributed by atoms with Crippen molar-refractivity contribution in [2.75, 3.05) is 6.61 Å².